The van der Waals surface area contributed by atoms with Crippen LogP contribution >= 0.6 is 22.6 Å². The lowest BCUT2D eigenvalue weighted by atomic mass is 10.3. The molecule has 2 rings (SSSR count). The summed E-state index contributed by atoms with van der Waals surface area (Å²) in [4.78, 5) is 18.8. The zero-order valence-electron chi connectivity index (χ0n) is 9.42. The zero-order valence-corrected chi connectivity index (χ0v) is 11.6. The first-order valence-electron chi connectivity index (χ1n) is 5.06. The Morgan fingerprint density at radius 2 is 2.17 bits per heavy atom. The molecule has 0 saturated heterocycles. The fourth-order valence-corrected chi connectivity index (χ4v) is 1.89. The van der Waals surface area contributed by atoms with Gasteiger partial charge in [-0.1, -0.05) is 0 Å². The predicted molar refractivity (Wildman–Crippen MR) is 73.0 cm³/mol. The fraction of sp³-hybridized carbons (Fsp3) is 0.0833. The van der Waals surface area contributed by atoms with Crippen molar-refractivity contribution in [2.45, 2.75) is 6.92 Å². The van der Waals surface area contributed by atoms with Crippen molar-refractivity contribution in [3.8, 4) is 11.5 Å². The Balaban J connectivity index is 2.28. The molecule has 0 radical (unpaired) electrons. The molecule has 6 heteroatoms. The van der Waals surface area contributed by atoms with Gasteiger partial charge in [0.2, 0.25) is 0 Å². The van der Waals surface area contributed by atoms with Crippen molar-refractivity contribution in [3.63, 3.8) is 0 Å². The van der Waals surface area contributed by atoms with Gasteiger partial charge < -0.3 is 9.84 Å². The number of carbonyl (C=O) groups is 1. The minimum absolute atomic E-state index is 0.0522. The maximum Gasteiger partial charge on any atom is 0.354 e. The summed E-state index contributed by atoms with van der Waals surface area (Å²) in [6.45, 7) is 1.83. The van der Waals surface area contributed by atoms with Gasteiger partial charge in [0.05, 0.1) is 5.69 Å². The van der Waals surface area contributed by atoms with Gasteiger partial charge >= 0.3 is 5.97 Å². The Morgan fingerprint density at radius 3 is 2.83 bits per heavy atom. The summed E-state index contributed by atoms with van der Waals surface area (Å²) >= 11 is 2.11. The van der Waals surface area contributed by atoms with Crippen LogP contribution in [0.1, 0.15) is 16.2 Å². The number of carboxylic acids is 1. The van der Waals surface area contributed by atoms with E-state index in [-0.39, 0.29) is 5.69 Å². The third-order valence-electron chi connectivity index (χ3n) is 2.18. The molecule has 0 saturated carbocycles. The second-order valence-corrected chi connectivity index (χ2v) is 4.61. The van der Waals surface area contributed by atoms with Crippen molar-refractivity contribution in [1.29, 1.82) is 0 Å². The summed E-state index contributed by atoms with van der Waals surface area (Å²) in [5, 5.41) is 8.83. The monoisotopic (exact) mass is 356 g/mol. The lowest BCUT2D eigenvalue weighted by Crippen LogP contribution is -2.00. The number of aromatic nitrogens is 2. The van der Waals surface area contributed by atoms with Gasteiger partial charge in [-0.25, -0.2) is 14.8 Å². The van der Waals surface area contributed by atoms with E-state index in [0.717, 1.165) is 9.39 Å². The van der Waals surface area contributed by atoms with Crippen LogP contribution in [0.15, 0.2) is 30.5 Å². The van der Waals surface area contributed by atoms with Gasteiger partial charge in [-0.3, -0.25) is 0 Å². The van der Waals surface area contributed by atoms with Crippen molar-refractivity contribution in [1.82, 2.24) is 9.97 Å². The van der Waals surface area contributed by atoms with E-state index in [1.165, 1.54) is 12.3 Å². The van der Waals surface area contributed by atoms with Crippen LogP contribution in [-0.4, -0.2) is 21.0 Å². The minimum atomic E-state index is -1.09. The molecule has 1 N–H and O–H groups in total. The molecule has 0 bridgehead atoms. The molecule has 0 aromatic carbocycles. The van der Waals surface area contributed by atoms with E-state index >= 15 is 0 Å². The normalized spacial score (nSPS) is 10.1. The van der Waals surface area contributed by atoms with Crippen LogP contribution < -0.4 is 4.74 Å². The van der Waals surface area contributed by atoms with Crippen molar-refractivity contribution in [2.24, 2.45) is 0 Å². The number of carboxylic acid groups (broad SMARTS) is 1. The Hall–Kier alpha value is -1.70. The highest BCUT2D eigenvalue weighted by Gasteiger charge is 2.08. The standard InChI is InChI=1S/C12H9IN2O3/c1-7-10(2-3-11(13)15-7)18-8-4-5-14-9(6-8)12(16)17/h2-6H,1H3,(H,16,17). The van der Waals surface area contributed by atoms with E-state index in [1.807, 2.05) is 13.0 Å². The summed E-state index contributed by atoms with van der Waals surface area (Å²) < 4.78 is 6.46. The number of hydrogen-bond donors (Lipinski definition) is 1. The number of rotatable bonds is 3. The number of aryl methyl sites for hydroxylation is 1. The molecule has 0 aliphatic carbocycles. The highest BCUT2D eigenvalue weighted by molar-refractivity contribution is 14.1. The number of pyridine rings is 2. The van der Waals surface area contributed by atoms with E-state index < -0.39 is 5.97 Å². The van der Waals surface area contributed by atoms with Crippen LogP contribution in [0.25, 0.3) is 0 Å². The van der Waals surface area contributed by atoms with Crippen molar-refractivity contribution < 1.29 is 14.6 Å². The highest BCUT2D eigenvalue weighted by Crippen LogP contribution is 2.24. The number of hydrogen-bond acceptors (Lipinski definition) is 4. The summed E-state index contributed by atoms with van der Waals surface area (Å²) in [5.74, 6) is -0.0654. The third kappa shape index (κ3) is 2.95. The molecule has 0 fully saturated rings. The SMILES string of the molecule is Cc1nc(I)ccc1Oc1ccnc(C(=O)O)c1. The zero-order chi connectivity index (χ0) is 13.1. The molecule has 0 atom stereocenters. The van der Waals surface area contributed by atoms with Crippen molar-refractivity contribution in [2.75, 3.05) is 0 Å². The van der Waals surface area contributed by atoms with Gasteiger partial charge in [0.1, 0.15) is 15.2 Å². The number of aromatic carboxylic acids is 1. The van der Waals surface area contributed by atoms with E-state index in [4.69, 9.17) is 9.84 Å². The molecule has 2 aromatic heterocycles. The minimum Gasteiger partial charge on any atom is -0.477 e. The highest BCUT2D eigenvalue weighted by atomic mass is 127. The Labute approximate surface area is 117 Å². The smallest absolute Gasteiger partial charge is 0.354 e. The molecular weight excluding hydrogens is 347 g/mol. The molecule has 0 amide bonds. The van der Waals surface area contributed by atoms with Crippen molar-refractivity contribution >= 4 is 28.6 Å². The first-order chi connectivity index (χ1) is 8.56. The van der Waals surface area contributed by atoms with E-state index in [2.05, 4.69) is 32.6 Å². The predicted octanol–water partition coefficient (Wildman–Crippen LogP) is 2.88. The summed E-state index contributed by atoms with van der Waals surface area (Å²) in [6, 6.07) is 6.59. The molecule has 5 nitrogen and oxygen atoms in total. The van der Waals surface area contributed by atoms with Crippen LogP contribution in [0, 0.1) is 10.6 Å². The molecule has 92 valence electrons. The fourth-order valence-electron chi connectivity index (χ4n) is 1.34. The second-order valence-electron chi connectivity index (χ2n) is 3.50. The van der Waals surface area contributed by atoms with Gasteiger partial charge in [0, 0.05) is 12.3 Å². The van der Waals surface area contributed by atoms with Crippen LogP contribution in [0.5, 0.6) is 11.5 Å². The summed E-state index contributed by atoms with van der Waals surface area (Å²) in [5.41, 5.74) is 0.694. The van der Waals surface area contributed by atoms with Gasteiger partial charge in [-0.2, -0.15) is 0 Å². The number of nitrogens with zero attached hydrogens (tertiary/aromatic N) is 2. The molecular formula is C12H9IN2O3. The average Bonchev–Trinajstić information content (AvgIpc) is 2.33. The Morgan fingerprint density at radius 1 is 1.39 bits per heavy atom. The molecule has 0 spiro atoms. The molecule has 0 unspecified atom stereocenters. The molecule has 2 heterocycles. The third-order valence-corrected chi connectivity index (χ3v) is 2.78. The average molecular weight is 356 g/mol. The topological polar surface area (TPSA) is 72.3 Å². The van der Waals surface area contributed by atoms with Crippen LogP contribution in [0.2, 0.25) is 0 Å². The van der Waals surface area contributed by atoms with Crippen molar-refractivity contribution in [3.05, 3.63) is 45.6 Å². The summed E-state index contributed by atoms with van der Waals surface area (Å²) in [7, 11) is 0. The maximum absolute atomic E-state index is 10.8. The lowest BCUT2D eigenvalue weighted by molar-refractivity contribution is 0.0690. The van der Waals surface area contributed by atoms with E-state index in [0.29, 0.717) is 11.5 Å². The lowest BCUT2D eigenvalue weighted by Gasteiger charge is -2.08. The van der Waals surface area contributed by atoms with E-state index in [1.54, 1.807) is 12.1 Å². The van der Waals surface area contributed by atoms with Gasteiger partial charge in [-0.05, 0) is 47.7 Å². The number of halogens is 1. The first-order valence-corrected chi connectivity index (χ1v) is 6.14. The van der Waals surface area contributed by atoms with Crippen LogP contribution in [-0.2, 0) is 0 Å². The molecule has 0 aliphatic heterocycles. The Bertz CT molecular complexity index is 602. The second kappa shape index (κ2) is 5.30. The largest absolute Gasteiger partial charge is 0.477 e. The Kier molecular flexibility index (Phi) is 3.75. The van der Waals surface area contributed by atoms with E-state index in [9.17, 15) is 4.79 Å². The molecule has 0 aliphatic rings. The quantitative estimate of drug-likeness (QED) is 0.676. The van der Waals surface area contributed by atoms with Crippen LogP contribution in [0.4, 0.5) is 0 Å². The van der Waals surface area contributed by atoms with Gasteiger partial charge in [-0.15, -0.1) is 0 Å². The molecule has 2 aromatic rings. The maximum atomic E-state index is 10.8. The first kappa shape index (κ1) is 12.7. The van der Waals surface area contributed by atoms with Crippen LogP contribution in [0.3, 0.4) is 0 Å². The van der Waals surface area contributed by atoms with Gasteiger partial charge in [0.25, 0.3) is 0 Å². The van der Waals surface area contributed by atoms with Gasteiger partial charge in [0.15, 0.2) is 5.69 Å². The number of ether oxygens (including phenoxy) is 1. The molecule has 18 heavy (non-hydrogen) atoms. The summed E-state index contributed by atoms with van der Waals surface area (Å²) in [6.07, 6.45) is 1.40.